The number of hydrogen-bond acceptors (Lipinski definition) is 12. The van der Waals surface area contributed by atoms with Gasteiger partial charge in [0.15, 0.2) is 17.3 Å². The zero-order valence-corrected chi connectivity index (χ0v) is 19.4. The second-order valence-electron chi connectivity index (χ2n) is 6.85. The summed E-state index contributed by atoms with van der Waals surface area (Å²) in [7, 11) is -17.3. The summed E-state index contributed by atoms with van der Waals surface area (Å²) in [6.07, 6.45) is -4.02. The van der Waals surface area contributed by atoms with Gasteiger partial charge in [0.2, 0.25) is 12.2 Å². The van der Waals surface area contributed by atoms with Crippen LogP contribution in [0.5, 0.6) is 0 Å². The molecule has 1 aliphatic rings. The Balaban J connectivity index is 1.90. The molecule has 23 heteroatoms. The molecule has 2 aromatic rings. The Bertz CT molecular complexity index is 1360. The Hall–Kier alpha value is -1.92. The topological polar surface area (TPSA) is 279 Å². The molecule has 1 aliphatic heterocycles. The molecule has 0 radical (unpaired) electrons. The number of phosphoric ester groups is 1. The van der Waals surface area contributed by atoms with Gasteiger partial charge in [-0.2, -0.15) is 22.4 Å². The highest BCUT2D eigenvalue weighted by molar-refractivity contribution is 7.66. The summed E-state index contributed by atoms with van der Waals surface area (Å²) in [6, 6.07) is 0. The molecule has 1 saturated heterocycles. The second kappa shape index (κ2) is 8.88. The lowest BCUT2D eigenvalue weighted by molar-refractivity contribution is -0.139. The number of ether oxygens (including phenoxy) is 1. The lowest BCUT2D eigenvalue weighted by Crippen LogP contribution is -2.47. The van der Waals surface area contributed by atoms with E-state index in [0.29, 0.717) is 10.6 Å². The Labute approximate surface area is 191 Å². The van der Waals surface area contributed by atoms with Gasteiger partial charge in [-0.1, -0.05) is 6.08 Å². The number of alkyl halides is 2. The van der Waals surface area contributed by atoms with Crippen LogP contribution in [0.25, 0.3) is 11.2 Å². The molecule has 1 fully saturated rings. The number of aromatic amines is 1. The molecule has 8 N–H and O–H groups in total. The van der Waals surface area contributed by atoms with Gasteiger partial charge in [0.1, 0.15) is 5.60 Å². The molecular formula is C12H16F2N5O13P3. The summed E-state index contributed by atoms with van der Waals surface area (Å²) in [5.41, 5.74) is 0.948. The van der Waals surface area contributed by atoms with Crippen LogP contribution in [0, 0.1) is 0 Å². The number of nitrogens with two attached hydrogens (primary N) is 1. The third kappa shape index (κ3) is 5.59. The highest BCUT2D eigenvalue weighted by Crippen LogP contribution is 2.66. The number of hydrogen-bond donors (Lipinski definition) is 7. The largest absolute Gasteiger partial charge is 0.490 e. The third-order valence-corrected chi connectivity index (χ3v) is 8.19. The molecule has 196 valence electrons. The molecule has 0 aromatic carbocycles. The summed E-state index contributed by atoms with van der Waals surface area (Å²) in [6.45, 7) is 1.73. The first kappa shape index (κ1) is 27.7. The van der Waals surface area contributed by atoms with Crippen molar-refractivity contribution in [1.29, 1.82) is 0 Å². The van der Waals surface area contributed by atoms with Gasteiger partial charge in [-0.05, 0) is 0 Å². The average molecular weight is 569 g/mol. The molecule has 3 heterocycles. The summed E-state index contributed by atoms with van der Waals surface area (Å²) in [4.78, 5) is 57.1. The van der Waals surface area contributed by atoms with E-state index in [0.717, 1.165) is 6.33 Å². The van der Waals surface area contributed by atoms with Crippen molar-refractivity contribution in [3.8, 4) is 0 Å². The maximum Gasteiger partial charge on any atom is 0.490 e. The number of aromatic nitrogens is 4. The Morgan fingerprint density at radius 1 is 1.26 bits per heavy atom. The molecule has 3 rings (SSSR count). The van der Waals surface area contributed by atoms with Crippen LogP contribution in [0.2, 0.25) is 0 Å². The molecule has 35 heavy (non-hydrogen) atoms. The number of aliphatic hydroxyl groups is 1. The maximum absolute atomic E-state index is 15.0. The van der Waals surface area contributed by atoms with Crippen molar-refractivity contribution < 1.29 is 65.0 Å². The van der Waals surface area contributed by atoms with Gasteiger partial charge >= 0.3 is 29.4 Å². The van der Waals surface area contributed by atoms with Crippen molar-refractivity contribution in [1.82, 2.24) is 19.5 Å². The minimum absolute atomic E-state index is 0.419. The van der Waals surface area contributed by atoms with E-state index in [1.54, 1.807) is 0 Å². The highest BCUT2D eigenvalue weighted by Gasteiger charge is 2.66. The van der Waals surface area contributed by atoms with Gasteiger partial charge in [-0.15, -0.1) is 6.58 Å². The van der Waals surface area contributed by atoms with E-state index in [1.807, 2.05) is 0 Å². The van der Waals surface area contributed by atoms with Crippen LogP contribution in [0.4, 0.5) is 14.7 Å². The number of aliphatic hydroxyl groups excluding tert-OH is 1. The molecule has 5 atom stereocenters. The number of H-pyrrole nitrogens is 1. The molecule has 2 unspecified atom stereocenters. The lowest BCUT2D eigenvalue weighted by Gasteiger charge is -2.28. The number of rotatable bonds is 9. The number of fused-ring (bicyclic) bond motifs is 1. The normalized spacial score (nSPS) is 28.0. The van der Waals surface area contributed by atoms with E-state index in [1.165, 1.54) is 0 Å². The quantitative estimate of drug-likeness (QED) is 0.148. The number of nitrogens with zero attached hydrogens (tertiary/aromatic N) is 3. The SMILES string of the molecule is C=C[C@]1(COP(=O)(O)OP(=O)(O)OP(=O)(O)O)O[C@@H](n2cnc3c(=O)[nH]c(N)nc32)C(F)(F)[C@@H]1O. The fourth-order valence-electron chi connectivity index (χ4n) is 2.99. The number of phosphoric acid groups is 3. The van der Waals surface area contributed by atoms with Crippen molar-refractivity contribution in [3.05, 3.63) is 29.3 Å². The van der Waals surface area contributed by atoms with E-state index < -0.39 is 76.6 Å². The van der Waals surface area contributed by atoms with Crippen LogP contribution in [0.1, 0.15) is 6.23 Å². The van der Waals surface area contributed by atoms with Crippen LogP contribution in [-0.4, -0.2) is 68.4 Å². The van der Waals surface area contributed by atoms with Gasteiger partial charge in [0.25, 0.3) is 5.56 Å². The van der Waals surface area contributed by atoms with Crippen LogP contribution in [0.15, 0.2) is 23.8 Å². The van der Waals surface area contributed by atoms with Crippen LogP contribution < -0.4 is 11.3 Å². The van der Waals surface area contributed by atoms with Crippen molar-refractivity contribution in [2.45, 2.75) is 23.9 Å². The van der Waals surface area contributed by atoms with Gasteiger partial charge < -0.3 is 35.2 Å². The fraction of sp³-hybridized carbons (Fsp3) is 0.417. The monoisotopic (exact) mass is 569 g/mol. The van der Waals surface area contributed by atoms with Crippen molar-refractivity contribution in [2.75, 3.05) is 12.3 Å². The van der Waals surface area contributed by atoms with Gasteiger partial charge in [0, 0.05) is 0 Å². The first-order chi connectivity index (χ1) is 15.8. The Morgan fingerprint density at radius 3 is 2.46 bits per heavy atom. The van der Waals surface area contributed by atoms with Gasteiger partial charge in [-0.3, -0.25) is 18.9 Å². The molecule has 18 nitrogen and oxygen atoms in total. The summed E-state index contributed by atoms with van der Waals surface area (Å²) >= 11 is 0. The van der Waals surface area contributed by atoms with E-state index in [9.17, 15) is 33.4 Å². The second-order valence-corrected chi connectivity index (χ2v) is 11.3. The van der Waals surface area contributed by atoms with Crippen LogP contribution in [-0.2, 0) is 31.6 Å². The number of nitrogens with one attached hydrogen (secondary N) is 1. The van der Waals surface area contributed by atoms with Crippen molar-refractivity contribution in [3.63, 3.8) is 0 Å². The predicted octanol–water partition coefficient (Wildman–Crippen LogP) is -0.505. The first-order valence-corrected chi connectivity index (χ1v) is 13.2. The standard InChI is InChI=1S/C12H16F2N5O13P3/c1-2-11(3-29-34(25,26)32-35(27,28)31-33(22,23)24)8(21)12(13,14)9(30-11)19-4-16-5-6(19)17-10(15)18-7(5)20/h2,4,8-9,21H,1,3H2,(H,25,26)(H,27,28)(H2,22,23,24)(H3,15,17,18,20)/t8-,9-,11-/m1/s1. The molecule has 2 aromatic heterocycles. The third-order valence-electron chi connectivity index (χ3n) is 4.41. The number of imidazole rings is 1. The lowest BCUT2D eigenvalue weighted by atomic mass is 9.95. The number of nitrogen functional groups attached to an aromatic ring is 1. The van der Waals surface area contributed by atoms with E-state index in [-0.39, 0.29) is 0 Å². The molecular weight excluding hydrogens is 553 g/mol. The van der Waals surface area contributed by atoms with Crippen molar-refractivity contribution >= 4 is 40.6 Å². The summed E-state index contributed by atoms with van der Waals surface area (Å²) < 4.78 is 81.2. The summed E-state index contributed by atoms with van der Waals surface area (Å²) in [5, 5.41) is 10.3. The molecule has 0 bridgehead atoms. The fourth-order valence-corrected chi connectivity index (χ4v) is 6.05. The zero-order chi connectivity index (χ0) is 26.6. The van der Waals surface area contributed by atoms with E-state index in [4.69, 9.17) is 20.3 Å². The number of anilines is 1. The minimum Gasteiger partial charge on any atom is -0.383 e. The predicted molar refractivity (Wildman–Crippen MR) is 106 cm³/mol. The zero-order valence-electron chi connectivity index (χ0n) is 16.7. The Kier molecular flexibility index (Phi) is 7.02. The van der Waals surface area contributed by atoms with Gasteiger partial charge in [0.05, 0.1) is 12.9 Å². The van der Waals surface area contributed by atoms with E-state index >= 15 is 8.78 Å². The summed E-state index contributed by atoms with van der Waals surface area (Å²) in [5.74, 6) is -4.69. The maximum atomic E-state index is 15.0. The smallest absolute Gasteiger partial charge is 0.383 e. The molecule has 0 spiro atoms. The molecule has 0 aliphatic carbocycles. The van der Waals surface area contributed by atoms with Crippen LogP contribution in [0.3, 0.4) is 0 Å². The first-order valence-electron chi connectivity index (χ1n) is 8.70. The minimum atomic E-state index is -5.90. The molecule has 0 saturated carbocycles. The number of halogens is 2. The molecule has 0 amide bonds. The van der Waals surface area contributed by atoms with E-state index in [2.05, 4.69) is 34.7 Å². The average Bonchev–Trinajstić information content (AvgIpc) is 3.16. The van der Waals surface area contributed by atoms with Crippen LogP contribution >= 0.6 is 23.5 Å². The van der Waals surface area contributed by atoms with Gasteiger partial charge in [-0.25, -0.2) is 18.7 Å². The van der Waals surface area contributed by atoms with Crippen molar-refractivity contribution in [2.24, 2.45) is 0 Å². The Morgan fingerprint density at radius 2 is 1.89 bits per heavy atom. The highest BCUT2D eigenvalue weighted by atomic mass is 31.3.